The first-order chi connectivity index (χ1) is 14.7. The van der Waals surface area contributed by atoms with Crippen LogP contribution in [0.1, 0.15) is 28.4 Å². The Bertz CT molecular complexity index is 1150. The van der Waals surface area contributed by atoms with E-state index in [4.69, 9.17) is 0 Å². The van der Waals surface area contributed by atoms with Crippen molar-refractivity contribution in [1.29, 1.82) is 0 Å². The molecular formula is C25H23N3OS. The number of nitrogens with zero attached hydrogens (tertiary/aromatic N) is 3. The average molecular weight is 414 g/mol. The van der Waals surface area contributed by atoms with Gasteiger partial charge in [-0.3, -0.25) is 9.36 Å². The van der Waals surface area contributed by atoms with E-state index in [0.717, 1.165) is 34.6 Å². The van der Waals surface area contributed by atoms with E-state index in [2.05, 4.69) is 36.2 Å². The van der Waals surface area contributed by atoms with Crippen LogP contribution in [0.5, 0.6) is 0 Å². The molecule has 4 aromatic rings. The summed E-state index contributed by atoms with van der Waals surface area (Å²) in [4.78, 5) is 12.7. The summed E-state index contributed by atoms with van der Waals surface area (Å²) in [5.74, 6) is 1.17. The molecule has 1 heterocycles. The second-order valence-electron chi connectivity index (χ2n) is 7.11. The maximum absolute atomic E-state index is 12.7. The summed E-state index contributed by atoms with van der Waals surface area (Å²) < 4.78 is 2.02. The van der Waals surface area contributed by atoms with Gasteiger partial charge in [-0.25, -0.2) is 0 Å². The van der Waals surface area contributed by atoms with E-state index in [1.54, 1.807) is 0 Å². The molecular weight excluding hydrogens is 390 g/mol. The van der Waals surface area contributed by atoms with Crippen LogP contribution < -0.4 is 0 Å². The zero-order valence-corrected chi connectivity index (χ0v) is 17.9. The smallest absolute Gasteiger partial charge is 0.196 e. The lowest BCUT2D eigenvalue weighted by atomic mass is 10.1. The Kier molecular flexibility index (Phi) is 6.10. The van der Waals surface area contributed by atoms with E-state index in [1.165, 1.54) is 17.3 Å². The number of benzene rings is 3. The molecule has 0 spiro atoms. The van der Waals surface area contributed by atoms with Crippen molar-refractivity contribution in [3.8, 4) is 17.1 Å². The third-order valence-corrected chi connectivity index (χ3v) is 5.87. The van der Waals surface area contributed by atoms with Gasteiger partial charge in [0.25, 0.3) is 0 Å². The van der Waals surface area contributed by atoms with Gasteiger partial charge in [0.15, 0.2) is 16.8 Å². The van der Waals surface area contributed by atoms with E-state index < -0.39 is 0 Å². The molecule has 0 N–H and O–H groups in total. The van der Waals surface area contributed by atoms with Crippen LogP contribution in [0, 0.1) is 6.92 Å². The van der Waals surface area contributed by atoms with E-state index in [9.17, 15) is 4.79 Å². The second-order valence-corrected chi connectivity index (χ2v) is 8.05. The van der Waals surface area contributed by atoms with Gasteiger partial charge in [0.1, 0.15) is 0 Å². The molecule has 0 fully saturated rings. The molecule has 0 unspecified atom stereocenters. The number of aromatic nitrogens is 3. The number of thioether (sulfide) groups is 1. The number of Topliss-reactive ketones (excluding diaryl/α,β-unsaturated/α-hetero) is 1. The Hall–Kier alpha value is -3.18. The highest BCUT2D eigenvalue weighted by Gasteiger charge is 2.17. The van der Waals surface area contributed by atoms with Crippen LogP contribution in [0.2, 0.25) is 0 Å². The lowest BCUT2D eigenvalue weighted by molar-refractivity contribution is 0.102. The minimum atomic E-state index is 0.0855. The second kappa shape index (κ2) is 9.09. The van der Waals surface area contributed by atoms with Gasteiger partial charge < -0.3 is 0 Å². The zero-order valence-electron chi connectivity index (χ0n) is 17.1. The molecule has 0 saturated carbocycles. The fraction of sp³-hybridized carbons (Fsp3) is 0.160. The van der Waals surface area contributed by atoms with Crippen LogP contribution in [0.3, 0.4) is 0 Å². The monoisotopic (exact) mass is 413 g/mol. The van der Waals surface area contributed by atoms with E-state index in [1.807, 2.05) is 71.3 Å². The minimum absolute atomic E-state index is 0.0855. The molecule has 4 rings (SSSR count). The molecule has 0 aliphatic carbocycles. The number of ketones is 1. The van der Waals surface area contributed by atoms with Crippen molar-refractivity contribution in [2.75, 3.05) is 5.75 Å². The Morgan fingerprint density at radius 1 is 0.933 bits per heavy atom. The molecule has 0 saturated heterocycles. The number of carbonyl (C=O) groups is 1. The summed E-state index contributed by atoms with van der Waals surface area (Å²) in [5, 5.41) is 9.58. The Morgan fingerprint density at radius 2 is 1.70 bits per heavy atom. The number of aryl methyl sites for hydroxylation is 2. The van der Waals surface area contributed by atoms with Crippen molar-refractivity contribution in [3.63, 3.8) is 0 Å². The van der Waals surface area contributed by atoms with Crippen LogP contribution in [0.4, 0.5) is 0 Å². The summed E-state index contributed by atoms with van der Waals surface area (Å²) in [6.07, 6.45) is 0.963. The maximum Gasteiger partial charge on any atom is 0.196 e. The third-order valence-electron chi connectivity index (χ3n) is 4.94. The predicted octanol–water partition coefficient (Wildman–Crippen LogP) is 5.78. The molecule has 5 heteroatoms. The molecule has 0 atom stereocenters. The Morgan fingerprint density at radius 3 is 2.40 bits per heavy atom. The van der Waals surface area contributed by atoms with Crippen molar-refractivity contribution < 1.29 is 4.79 Å². The van der Waals surface area contributed by atoms with Crippen molar-refractivity contribution >= 4 is 17.5 Å². The minimum Gasteiger partial charge on any atom is -0.293 e. The molecule has 0 bridgehead atoms. The number of hydrogen-bond donors (Lipinski definition) is 0. The first-order valence-corrected chi connectivity index (χ1v) is 11.0. The van der Waals surface area contributed by atoms with Crippen LogP contribution >= 0.6 is 11.8 Å². The largest absolute Gasteiger partial charge is 0.293 e. The Labute approximate surface area is 181 Å². The highest BCUT2D eigenvalue weighted by Crippen LogP contribution is 2.28. The summed E-state index contributed by atoms with van der Waals surface area (Å²) >= 11 is 1.41. The molecule has 150 valence electrons. The van der Waals surface area contributed by atoms with Gasteiger partial charge in [-0.05, 0) is 37.1 Å². The summed E-state index contributed by atoms with van der Waals surface area (Å²) in [6, 6.07) is 26.1. The van der Waals surface area contributed by atoms with E-state index >= 15 is 0 Å². The highest BCUT2D eigenvalue weighted by atomic mass is 32.2. The standard InChI is InChI=1S/C25H23N3OS/c1-3-19-12-14-20(15-13-19)23(29)17-30-25-27-26-24(21-9-7-8-18(2)16-21)28(25)22-10-5-4-6-11-22/h4-16H,3,17H2,1-2H3. The summed E-state index contributed by atoms with van der Waals surface area (Å²) in [5.41, 5.74) is 5.09. The fourth-order valence-corrected chi connectivity index (χ4v) is 4.13. The molecule has 0 radical (unpaired) electrons. The van der Waals surface area contributed by atoms with Gasteiger partial charge in [-0.1, -0.05) is 84.9 Å². The first-order valence-electron chi connectivity index (χ1n) is 9.98. The molecule has 3 aromatic carbocycles. The van der Waals surface area contributed by atoms with Gasteiger partial charge in [-0.2, -0.15) is 0 Å². The molecule has 0 aliphatic heterocycles. The van der Waals surface area contributed by atoms with E-state index in [-0.39, 0.29) is 5.78 Å². The first kappa shape index (κ1) is 20.1. The normalized spacial score (nSPS) is 10.9. The Balaban J connectivity index is 1.64. The third kappa shape index (κ3) is 4.36. The molecule has 1 aromatic heterocycles. The lowest BCUT2D eigenvalue weighted by Crippen LogP contribution is -2.05. The SMILES string of the molecule is CCc1ccc(C(=O)CSc2nnc(-c3cccc(C)c3)n2-c2ccccc2)cc1. The van der Waals surface area contributed by atoms with Gasteiger partial charge in [-0.15, -0.1) is 10.2 Å². The van der Waals surface area contributed by atoms with Gasteiger partial charge in [0.05, 0.1) is 5.75 Å². The molecule has 30 heavy (non-hydrogen) atoms. The molecule has 0 amide bonds. The number of hydrogen-bond acceptors (Lipinski definition) is 4. The van der Waals surface area contributed by atoms with Gasteiger partial charge >= 0.3 is 0 Å². The maximum atomic E-state index is 12.7. The summed E-state index contributed by atoms with van der Waals surface area (Å²) in [6.45, 7) is 4.17. The summed E-state index contributed by atoms with van der Waals surface area (Å²) in [7, 11) is 0. The van der Waals surface area contributed by atoms with Crippen LogP contribution in [0.15, 0.2) is 84.0 Å². The predicted molar refractivity (Wildman–Crippen MR) is 122 cm³/mol. The van der Waals surface area contributed by atoms with Crippen molar-refractivity contribution in [2.24, 2.45) is 0 Å². The van der Waals surface area contributed by atoms with Crippen LogP contribution in [0.25, 0.3) is 17.1 Å². The van der Waals surface area contributed by atoms with Crippen molar-refractivity contribution in [3.05, 3.63) is 95.6 Å². The van der Waals surface area contributed by atoms with Crippen LogP contribution in [-0.2, 0) is 6.42 Å². The number of para-hydroxylation sites is 1. The highest BCUT2D eigenvalue weighted by molar-refractivity contribution is 7.99. The topological polar surface area (TPSA) is 47.8 Å². The van der Waals surface area contributed by atoms with Gasteiger partial charge in [0, 0.05) is 16.8 Å². The van der Waals surface area contributed by atoms with Crippen molar-refractivity contribution in [1.82, 2.24) is 14.8 Å². The van der Waals surface area contributed by atoms with E-state index in [0.29, 0.717) is 10.9 Å². The quantitative estimate of drug-likeness (QED) is 0.285. The van der Waals surface area contributed by atoms with Crippen LogP contribution in [-0.4, -0.2) is 26.3 Å². The van der Waals surface area contributed by atoms with Gasteiger partial charge in [0.2, 0.25) is 0 Å². The lowest BCUT2D eigenvalue weighted by Gasteiger charge is -2.10. The molecule has 0 aliphatic rings. The number of rotatable bonds is 7. The zero-order chi connectivity index (χ0) is 20.9. The fourth-order valence-electron chi connectivity index (χ4n) is 3.28. The molecule has 4 nitrogen and oxygen atoms in total. The average Bonchev–Trinajstić information content (AvgIpc) is 3.22. The number of carbonyl (C=O) groups excluding carboxylic acids is 1. The van der Waals surface area contributed by atoms with Crippen molar-refractivity contribution in [2.45, 2.75) is 25.4 Å².